The summed E-state index contributed by atoms with van der Waals surface area (Å²) in [5.74, 6) is 0.648. The molecule has 5 rings (SSSR count). The standard InChI is InChI=1S/C22H24N6O2/c1-11-21(27-15-6-5-12(15)9-19(23)29)28-20-13(3-2-4-17(20)25-11)18-10-14-16(26-18)7-8-24-22(14)30/h2-4,10,12,15,26H,5-9H2,1H3,(H2,23,29)(H,24,30)(H,27,28). The number of H-pyrrole nitrogens is 1. The van der Waals surface area contributed by atoms with Gasteiger partial charge in [-0.2, -0.15) is 0 Å². The monoisotopic (exact) mass is 404 g/mol. The highest BCUT2D eigenvalue weighted by Gasteiger charge is 2.32. The highest BCUT2D eigenvalue weighted by Crippen LogP contribution is 2.34. The van der Waals surface area contributed by atoms with Gasteiger partial charge in [-0.1, -0.05) is 12.1 Å². The minimum Gasteiger partial charge on any atom is -0.370 e. The Labute approximate surface area is 173 Å². The minimum atomic E-state index is -0.269. The van der Waals surface area contributed by atoms with E-state index in [9.17, 15) is 9.59 Å². The van der Waals surface area contributed by atoms with E-state index in [0.717, 1.165) is 58.8 Å². The van der Waals surface area contributed by atoms with Crippen LogP contribution in [0.2, 0.25) is 0 Å². The Kier molecular flexibility index (Phi) is 4.42. The van der Waals surface area contributed by atoms with Crippen LogP contribution in [0.3, 0.4) is 0 Å². The lowest BCUT2D eigenvalue weighted by Gasteiger charge is -2.37. The first-order chi connectivity index (χ1) is 14.5. The molecule has 30 heavy (non-hydrogen) atoms. The SMILES string of the molecule is Cc1nc2cccc(-c3cc4c([nH]3)CCNC4=O)c2nc1NC1CCC1CC(N)=O. The van der Waals surface area contributed by atoms with Crippen molar-refractivity contribution in [2.75, 3.05) is 11.9 Å². The molecule has 0 saturated heterocycles. The number of aryl methyl sites for hydroxylation is 1. The second kappa shape index (κ2) is 7.12. The molecule has 3 heterocycles. The number of amides is 2. The van der Waals surface area contributed by atoms with E-state index in [-0.39, 0.29) is 23.8 Å². The molecule has 0 radical (unpaired) electrons. The van der Waals surface area contributed by atoms with Crippen molar-refractivity contribution in [3.8, 4) is 11.3 Å². The van der Waals surface area contributed by atoms with E-state index in [2.05, 4.69) is 15.6 Å². The predicted octanol–water partition coefficient (Wildman–Crippen LogP) is 2.29. The molecule has 2 amide bonds. The third-order valence-corrected chi connectivity index (χ3v) is 6.17. The highest BCUT2D eigenvalue weighted by molar-refractivity contribution is 5.99. The molecule has 2 atom stereocenters. The lowest BCUT2D eigenvalue weighted by Crippen LogP contribution is -2.41. The smallest absolute Gasteiger partial charge is 0.253 e. The molecule has 0 spiro atoms. The van der Waals surface area contributed by atoms with Gasteiger partial charge in [-0.15, -0.1) is 0 Å². The van der Waals surface area contributed by atoms with E-state index in [0.29, 0.717) is 18.5 Å². The average molecular weight is 404 g/mol. The topological polar surface area (TPSA) is 126 Å². The summed E-state index contributed by atoms with van der Waals surface area (Å²) in [6.07, 6.45) is 3.14. The van der Waals surface area contributed by atoms with Crippen molar-refractivity contribution < 1.29 is 9.59 Å². The number of carbonyl (C=O) groups excluding carboxylic acids is 2. The molecule has 2 aliphatic rings. The van der Waals surface area contributed by atoms with Crippen molar-refractivity contribution in [3.05, 3.63) is 41.2 Å². The largest absolute Gasteiger partial charge is 0.370 e. The van der Waals surface area contributed by atoms with Crippen LogP contribution >= 0.6 is 0 Å². The number of anilines is 1. The molecule has 2 unspecified atom stereocenters. The van der Waals surface area contributed by atoms with Crippen LogP contribution in [0, 0.1) is 12.8 Å². The minimum absolute atomic E-state index is 0.0475. The number of nitrogens with one attached hydrogen (secondary N) is 3. The number of aromatic amines is 1. The zero-order valence-corrected chi connectivity index (χ0v) is 16.8. The number of aromatic nitrogens is 3. The van der Waals surface area contributed by atoms with Gasteiger partial charge in [0, 0.05) is 42.4 Å². The van der Waals surface area contributed by atoms with Crippen molar-refractivity contribution in [2.24, 2.45) is 11.7 Å². The van der Waals surface area contributed by atoms with Gasteiger partial charge in [-0.05, 0) is 37.8 Å². The predicted molar refractivity (Wildman–Crippen MR) is 114 cm³/mol. The summed E-state index contributed by atoms with van der Waals surface area (Å²) in [5, 5.41) is 6.35. The fourth-order valence-electron chi connectivity index (χ4n) is 4.40. The number of fused-ring (bicyclic) bond motifs is 2. The van der Waals surface area contributed by atoms with Crippen LogP contribution in [-0.2, 0) is 11.2 Å². The summed E-state index contributed by atoms with van der Waals surface area (Å²) in [4.78, 5) is 36.5. The van der Waals surface area contributed by atoms with E-state index in [1.807, 2.05) is 31.2 Å². The molecule has 8 nitrogen and oxygen atoms in total. The van der Waals surface area contributed by atoms with Crippen LogP contribution < -0.4 is 16.4 Å². The first-order valence-electron chi connectivity index (χ1n) is 10.3. The lowest BCUT2D eigenvalue weighted by molar-refractivity contribution is -0.119. The summed E-state index contributed by atoms with van der Waals surface area (Å²) >= 11 is 0. The van der Waals surface area contributed by atoms with Crippen LogP contribution in [0.1, 0.15) is 41.0 Å². The van der Waals surface area contributed by atoms with Crippen molar-refractivity contribution >= 4 is 28.7 Å². The van der Waals surface area contributed by atoms with Gasteiger partial charge in [-0.3, -0.25) is 9.59 Å². The summed E-state index contributed by atoms with van der Waals surface area (Å²) in [5.41, 5.74) is 11.2. The molecule has 1 aliphatic carbocycles. The van der Waals surface area contributed by atoms with Gasteiger partial charge in [0.05, 0.1) is 16.8 Å². The number of hydrogen-bond acceptors (Lipinski definition) is 5. The van der Waals surface area contributed by atoms with Crippen LogP contribution in [0.5, 0.6) is 0 Å². The quantitative estimate of drug-likeness (QED) is 0.519. The van der Waals surface area contributed by atoms with Crippen molar-refractivity contribution in [1.29, 1.82) is 0 Å². The normalized spacial score (nSPS) is 20.4. The Morgan fingerprint density at radius 1 is 1.27 bits per heavy atom. The van der Waals surface area contributed by atoms with Crippen LogP contribution in [0.15, 0.2) is 24.3 Å². The summed E-state index contributed by atoms with van der Waals surface area (Å²) in [6, 6.07) is 7.95. The molecular weight excluding hydrogens is 380 g/mol. The van der Waals surface area contributed by atoms with Gasteiger partial charge in [-0.25, -0.2) is 9.97 Å². The fourth-order valence-corrected chi connectivity index (χ4v) is 4.40. The Hall–Kier alpha value is -3.42. The molecule has 1 saturated carbocycles. The molecule has 1 fully saturated rings. The van der Waals surface area contributed by atoms with Crippen molar-refractivity contribution in [3.63, 3.8) is 0 Å². The van der Waals surface area contributed by atoms with E-state index in [4.69, 9.17) is 15.7 Å². The van der Waals surface area contributed by atoms with Gasteiger partial charge >= 0.3 is 0 Å². The summed E-state index contributed by atoms with van der Waals surface area (Å²) in [7, 11) is 0. The molecular formula is C22H24N6O2. The molecule has 8 heteroatoms. The number of primary amides is 1. The van der Waals surface area contributed by atoms with E-state index in [1.165, 1.54) is 0 Å². The molecule has 1 aliphatic heterocycles. The van der Waals surface area contributed by atoms with Crippen molar-refractivity contribution in [1.82, 2.24) is 20.3 Å². The Morgan fingerprint density at radius 2 is 2.13 bits per heavy atom. The number of para-hydroxylation sites is 1. The molecule has 5 N–H and O–H groups in total. The van der Waals surface area contributed by atoms with Gasteiger partial charge < -0.3 is 21.4 Å². The highest BCUT2D eigenvalue weighted by atomic mass is 16.2. The van der Waals surface area contributed by atoms with Gasteiger partial charge in [0.15, 0.2) is 0 Å². The van der Waals surface area contributed by atoms with Crippen LogP contribution in [-0.4, -0.2) is 39.4 Å². The maximum atomic E-state index is 12.2. The van der Waals surface area contributed by atoms with Crippen LogP contribution in [0.25, 0.3) is 22.3 Å². The molecule has 3 aromatic rings. The molecule has 0 bridgehead atoms. The Balaban J connectivity index is 1.52. The third-order valence-electron chi connectivity index (χ3n) is 6.17. The number of carbonyl (C=O) groups is 2. The zero-order valence-electron chi connectivity index (χ0n) is 16.8. The lowest BCUT2D eigenvalue weighted by atomic mass is 9.77. The number of nitrogens with two attached hydrogens (primary N) is 1. The zero-order chi connectivity index (χ0) is 20.8. The maximum absolute atomic E-state index is 12.2. The first-order valence-corrected chi connectivity index (χ1v) is 10.3. The number of hydrogen-bond donors (Lipinski definition) is 4. The number of rotatable bonds is 5. The van der Waals surface area contributed by atoms with Gasteiger partial charge in [0.2, 0.25) is 5.91 Å². The van der Waals surface area contributed by atoms with E-state index < -0.39 is 0 Å². The summed E-state index contributed by atoms with van der Waals surface area (Å²) in [6.45, 7) is 2.57. The van der Waals surface area contributed by atoms with E-state index in [1.54, 1.807) is 0 Å². The summed E-state index contributed by atoms with van der Waals surface area (Å²) < 4.78 is 0. The molecule has 1 aromatic carbocycles. The maximum Gasteiger partial charge on any atom is 0.253 e. The third kappa shape index (κ3) is 3.18. The van der Waals surface area contributed by atoms with Crippen LogP contribution in [0.4, 0.5) is 5.82 Å². The number of nitrogens with zero attached hydrogens (tertiary/aromatic N) is 2. The first kappa shape index (κ1) is 18.6. The average Bonchev–Trinajstić information content (AvgIpc) is 3.14. The second-order valence-corrected chi connectivity index (χ2v) is 8.17. The molecule has 154 valence electrons. The van der Waals surface area contributed by atoms with Gasteiger partial charge in [0.25, 0.3) is 5.91 Å². The fraction of sp³-hybridized carbons (Fsp3) is 0.364. The molecule has 2 aromatic heterocycles. The number of benzene rings is 1. The van der Waals surface area contributed by atoms with Gasteiger partial charge in [0.1, 0.15) is 11.3 Å². The second-order valence-electron chi connectivity index (χ2n) is 8.17. The van der Waals surface area contributed by atoms with E-state index >= 15 is 0 Å². The Morgan fingerprint density at radius 3 is 2.87 bits per heavy atom. The Bertz CT molecular complexity index is 1170. The van der Waals surface area contributed by atoms with Crippen molar-refractivity contribution in [2.45, 2.75) is 38.6 Å².